The molecule has 1 aliphatic heterocycles. The predicted molar refractivity (Wildman–Crippen MR) is 63.3 cm³/mol. The lowest BCUT2D eigenvalue weighted by atomic mass is 9.59. The zero-order chi connectivity index (χ0) is 11.2. The zero-order valence-electron chi connectivity index (χ0n) is 9.00. The second-order valence-corrected chi connectivity index (χ2v) is 5.41. The summed E-state index contributed by atoms with van der Waals surface area (Å²) in [5, 5.41) is 3.76. The summed E-state index contributed by atoms with van der Waals surface area (Å²) in [7, 11) is 0. The molecular weight excluding hydrogens is 222 g/mol. The van der Waals surface area contributed by atoms with Gasteiger partial charge in [0.15, 0.2) is 0 Å². The van der Waals surface area contributed by atoms with Crippen LogP contribution in [0.3, 0.4) is 0 Å². The molecule has 3 rings (SSSR count). The molecule has 2 unspecified atom stereocenters. The van der Waals surface area contributed by atoms with Crippen molar-refractivity contribution in [1.82, 2.24) is 5.32 Å². The van der Waals surface area contributed by atoms with Crippen LogP contribution in [0.2, 0.25) is 5.02 Å². The van der Waals surface area contributed by atoms with Gasteiger partial charge in [0, 0.05) is 22.9 Å². The number of hydrogen-bond acceptors (Lipinski definition) is 1. The Morgan fingerprint density at radius 2 is 2.12 bits per heavy atom. The zero-order valence-corrected chi connectivity index (χ0v) is 9.76. The van der Waals surface area contributed by atoms with Crippen LogP contribution in [0.4, 0.5) is 0 Å². The fraction of sp³-hybridized carbons (Fsp3) is 0.462. The van der Waals surface area contributed by atoms with Crippen molar-refractivity contribution in [3.63, 3.8) is 0 Å². The van der Waals surface area contributed by atoms with Gasteiger partial charge >= 0.3 is 0 Å². The quantitative estimate of drug-likeness (QED) is 0.838. The van der Waals surface area contributed by atoms with Crippen LogP contribution >= 0.6 is 11.6 Å². The van der Waals surface area contributed by atoms with Gasteiger partial charge in [-0.3, -0.25) is 4.79 Å². The summed E-state index contributed by atoms with van der Waals surface area (Å²) >= 11 is 5.86. The van der Waals surface area contributed by atoms with Gasteiger partial charge in [0.2, 0.25) is 5.91 Å². The summed E-state index contributed by atoms with van der Waals surface area (Å²) in [4.78, 5) is 11.6. The van der Waals surface area contributed by atoms with Gasteiger partial charge in [0.1, 0.15) is 0 Å². The molecule has 1 aromatic rings. The van der Waals surface area contributed by atoms with Gasteiger partial charge in [-0.15, -0.1) is 0 Å². The monoisotopic (exact) mass is 235 g/mol. The van der Waals surface area contributed by atoms with Crippen molar-refractivity contribution in [2.45, 2.75) is 19.3 Å². The number of rotatable bonds is 2. The molecule has 1 saturated carbocycles. The number of carbonyl (C=O) groups is 1. The highest BCUT2D eigenvalue weighted by Gasteiger charge is 2.54. The molecule has 0 bridgehead atoms. The van der Waals surface area contributed by atoms with E-state index in [0.717, 1.165) is 24.4 Å². The predicted octanol–water partition coefficient (Wildman–Crippen LogP) is 2.41. The lowest BCUT2D eigenvalue weighted by Crippen LogP contribution is -2.42. The number of carbonyl (C=O) groups excluding carboxylic acids is 1. The van der Waals surface area contributed by atoms with Gasteiger partial charge in [0.25, 0.3) is 0 Å². The van der Waals surface area contributed by atoms with Crippen LogP contribution in [0, 0.1) is 11.3 Å². The van der Waals surface area contributed by atoms with Gasteiger partial charge in [-0.2, -0.15) is 0 Å². The Balaban J connectivity index is 1.80. The summed E-state index contributed by atoms with van der Waals surface area (Å²) in [5.74, 6) is 0.503. The van der Waals surface area contributed by atoms with E-state index in [1.807, 2.05) is 12.1 Å². The molecule has 1 saturated heterocycles. The SMILES string of the molecule is O=C1NCC2(Cc3ccc(Cl)cc3)CCC12. The van der Waals surface area contributed by atoms with E-state index in [0.29, 0.717) is 0 Å². The molecule has 1 amide bonds. The summed E-state index contributed by atoms with van der Waals surface area (Å²) in [6.07, 6.45) is 3.21. The number of nitrogens with one attached hydrogen (secondary N) is 1. The summed E-state index contributed by atoms with van der Waals surface area (Å²) < 4.78 is 0. The van der Waals surface area contributed by atoms with E-state index in [4.69, 9.17) is 11.6 Å². The molecule has 1 aliphatic carbocycles. The van der Waals surface area contributed by atoms with Crippen molar-refractivity contribution in [1.29, 1.82) is 0 Å². The molecular formula is C13H14ClNO. The fourth-order valence-electron chi connectivity index (χ4n) is 2.99. The molecule has 2 atom stereocenters. The Bertz CT molecular complexity index is 428. The minimum absolute atomic E-state index is 0.199. The van der Waals surface area contributed by atoms with Crippen LogP contribution in [0.15, 0.2) is 24.3 Å². The van der Waals surface area contributed by atoms with Crippen molar-refractivity contribution < 1.29 is 4.79 Å². The van der Waals surface area contributed by atoms with E-state index in [2.05, 4.69) is 17.4 Å². The van der Waals surface area contributed by atoms with Crippen LogP contribution in [0.25, 0.3) is 0 Å². The van der Waals surface area contributed by atoms with Crippen molar-refractivity contribution in [3.8, 4) is 0 Å². The lowest BCUT2D eigenvalue weighted by Gasteiger charge is -2.42. The Hall–Kier alpha value is -1.02. The molecule has 1 aromatic carbocycles. The third-order valence-corrected chi connectivity index (χ3v) is 4.32. The molecule has 1 N–H and O–H groups in total. The van der Waals surface area contributed by atoms with Crippen LogP contribution in [0.5, 0.6) is 0 Å². The minimum Gasteiger partial charge on any atom is -0.355 e. The highest BCUT2D eigenvalue weighted by molar-refractivity contribution is 6.30. The van der Waals surface area contributed by atoms with Gasteiger partial charge in [0.05, 0.1) is 0 Å². The summed E-state index contributed by atoms with van der Waals surface area (Å²) in [6.45, 7) is 0.846. The number of benzene rings is 1. The average molecular weight is 236 g/mol. The van der Waals surface area contributed by atoms with Crippen LogP contribution < -0.4 is 5.32 Å². The smallest absolute Gasteiger partial charge is 0.223 e. The van der Waals surface area contributed by atoms with E-state index in [1.54, 1.807) is 0 Å². The lowest BCUT2D eigenvalue weighted by molar-refractivity contribution is -0.127. The molecule has 2 nitrogen and oxygen atoms in total. The largest absolute Gasteiger partial charge is 0.355 e. The number of hydrogen-bond donors (Lipinski definition) is 1. The van der Waals surface area contributed by atoms with Crippen LogP contribution in [-0.2, 0) is 11.2 Å². The Morgan fingerprint density at radius 1 is 1.38 bits per heavy atom. The standard InChI is InChI=1S/C13H14ClNO/c14-10-3-1-9(2-4-10)7-13-6-5-11(13)12(16)15-8-13/h1-4,11H,5-8H2,(H,15,16). The third kappa shape index (κ3) is 1.44. The van der Waals surface area contributed by atoms with E-state index < -0.39 is 0 Å². The number of amides is 1. The van der Waals surface area contributed by atoms with E-state index >= 15 is 0 Å². The minimum atomic E-state index is 0.199. The van der Waals surface area contributed by atoms with E-state index in [9.17, 15) is 4.79 Å². The van der Waals surface area contributed by atoms with Crippen molar-refractivity contribution >= 4 is 17.5 Å². The average Bonchev–Trinajstić information content (AvgIpc) is 2.44. The first-order valence-electron chi connectivity index (χ1n) is 5.72. The fourth-order valence-corrected chi connectivity index (χ4v) is 3.11. The van der Waals surface area contributed by atoms with Gasteiger partial charge < -0.3 is 5.32 Å². The van der Waals surface area contributed by atoms with Crippen molar-refractivity contribution in [2.75, 3.05) is 6.54 Å². The molecule has 0 spiro atoms. The first-order chi connectivity index (χ1) is 7.70. The maximum absolute atomic E-state index is 11.6. The van der Waals surface area contributed by atoms with E-state index in [-0.39, 0.29) is 17.2 Å². The van der Waals surface area contributed by atoms with Gasteiger partial charge in [-0.05, 0) is 37.0 Å². The third-order valence-electron chi connectivity index (χ3n) is 4.07. The molecule has 0 radical (unpaired) electrons. The van der Waals surface area contributed by atoms with Crippen LogP contribution in [0.1, 0.15) is 18.4 Å². The Kier molecular flexibility index (Phi) is 2.21. The van der Waals surface area contributed by atoms with Gasteiger partial charge in [-0.25, -0.2) is 0 Å². The highest BCUT2D eigenvalue weighted by Crippen LogP contribution is 2.51. The second-order valence-electron chi connectivity index (χ2n) is 4.97. The molecule has 16 heavy (non-hydrogen) atoms. The van der Waals surface area contributed by atoms with Crippen molar-refractivity contribution in [3.05, 3.63) is 34.9 Å². The molecule has 2 aliphatic rings. The molecule has 84 valence electrons. The van der Waals surface area contributed by atoms with Gasteiger partial charge in [-0.1, -0.05) is 23.7 Å². The normalized spacial score (nSPS) is 31.8. The maximum atomic E-state index is 11.6. The van der Waals surface area contributed by atoms with Crippen LogP contribution in [-0.4, -0.2) is 12.5 Å². The first kappa shape index (κ1) is 10.2. The highest BCUT2D eigenvalue weighted by atomic mass is 35.5. The second kappa shape index (κ2) is 3.49. The topological polar surface area (TPSA) is 29.1 Å². The number of halogens is 1. The van der Waals surface area contributed by atoms with Crippen molar-refractivity contribution in [2.24, 2.45) is 11.3 Å². The Labute approximate surface area is 100.0 Å². The number of fused-ring (bicyclic) bond motifs is 1. The maximum Gasteiger partial charge on any atom is 0.223 e. The molecule has 1 heterocycles. The molecule has 2 fully saturated rings. The van der Waals surface area contributed by atoms with E-state index in [1.165, 1.54) is 12.0 Å². The summed E-state index contributed by atoms with van der Waals surface area (Å²) in [5.41, 5.74) is 1.48. The Morgan fingerprint density at radius 3 is 2.69 bits per heavy atom. The molecule has 0 aromatic heterocycles. The molecule has 3 heteroatoms. The summed E-state index contributed by atoms with van der Waals surface area (Å²) in [6, 6.07) is 7.97. The first-order valence-corrected chi connectivity index (χ1v) is 6.10.